The van der Waals surface area contributed by atoms with Gasteiger partial charge in [0.2, 0.25) is 0 Å². The molecule has 1 aromatic rings. The predicted octanol–water partition coefficient (Wildman–Crippen LogP) is 4.73. The van der Waals surface area contributed by atoms with Gasteiger partial charge in [-0.3, -0.25) is 0 Å². The van der Waals surface area contributed by atoms with E-state index < -0.39 is 0 Å². The Labute approximate surface area is 109 Å². The number of alkyl halides is 1. The summed E-state index contributed by atoms with van der Waals surface area (Å²) in [4.78, 5) is 0. The number of aryl methyl sites for hydroxylation is 1. The van der Waals surface area contributed by atoms with Gasteiger partial charge >= 0.3 is 0 Å². The van der Waals surface area contributed by atoms with Crippen molar-refractivity contribution in [1.82, 2.24) is 0 Å². The lowest BCUT2D eigenvalue weighted by Crippen LogP contribution is -2.10. The molecule has 1 aliphatic heterocycles. The first-order valence-corrected chi connectivity index (χ1v) is 7.05. The molecule has 1 aromatic carbocycles. The molecule has 0 N–H and O–H groups in total. The fraction of sp³-hybridized carbons (Fsp3) is 0.600. The van der Waals surface area contributed by atoms with E-state index in [0.717, 1.165) is 25.2 Å². The monoisotopic (exact) mass is 252 g/mol. The van der Waals surface area contributed by atoms with Crippen LogP contribution in [0.4, 0.5) is 0 Å². The molecule has 2 rings (SSSR count). The lowest BCUT2D eigenvalue weighted by atomic mass is 9.94. The van der Waals surface area contributed by atoms with Crippen molar-refractivity contribution < 1.29 is 4.74 Å². The van der Waals surface area contributed by atoms with E-state index in [4.69, 9.17) is 16.3 Å². The Morgan fingerprint density at radius 1 is 1.41 bits per heavy atom. The summed E-state index contributed by atoms with van der Waals surface area (Å²) in [5.74, 6) is 1.58. The molecule has 2 atom stereocenters. The third kappa shape index (κ3) is 2.95. The zero-order valence-corrected chi connectivity index (χ0v) is 11.5. The number of benzene rings is 1. The van der Waals surface area contributed by atoms with Gasteiger partial charge in [0, 0.05) is 0 Å². The molecule has 0 aliphatic carbocycles. The second-order valence-electron chi connectivity index (χ2n) is 4.99. The van der Waals surface area contributed by atoms with Crippen LogP contribution in [-0.4, -0.2) is 6.61 Å². The molecule has 1 aliphatic rings. The Hall–Kier alpha value is -0.690. The molecule has 0 saturated heterocycles. The van der Waals surface area contributed by atoms with Crippen molar-refractivity contribution >= 4 is 11.6 Å². The first kappa shape index (κ1) is 12.8. The summed E-state index contributed by atoms with van der Waals surface area (Å²) in [6.45, 7) is 5.29. The summed E-state index contributed by atoms with van der Waals surface area (Å²) in [6, 6.07) is 6.43. The zero-order valence-electron chi connectivity index (χ0n) is 10.7. The summed E-state index contributed by atoms with van der Waals surface area (Å²) in [6.07, 6.45) is 4.61. The number of fused-ring (bicyclic) bond motifs is 1. The fourth-order valence-corrected chi connectivity index (χ4v) is 2.74. The van der Waals surface area contributed by atoms with Crippen molar-refractivity contribution in [3.05, 3.63) is 29.3 Å². The van der Waals surface area contributed by atoms with Gasteiger partial charge in [0.1, 0.15) is 5.75 Å². The van der Waals surface area contributed by atoms with Crippen molar-refractivity contribution in [3.63, 3.8) is 0 Å². The molecule has 0 saturated carbocycles. The highest BCUT2D eigenvalue weighted by Crippen LogP contribution is 2.35. The van der Waals surface area contributed by atoms with Crippen molar-refractivity contribution in [3.8, 4) is 5.75 Å². The van der Waals surface area contributed by atoms with Crippen molar-refractivity contribution in [2.75, 3.05) is 6.61 Å². The van der Waals surface area contributed by atoms with Crippen molar-refractivity contribution in [1.29, 1.82) is 0 Å². The highest BCUT2D eigenvalue weighted by atomic mass is 35.5. The van der Waals surface area contributed by atoms with Gasteiger partial charge in [-0.05, 0) is 42.4 Å². The smallest absolute Gasteiger partial charge is 0.122 e. The topological polar surface area (TPSA) is 9.23 Å². The second-order valence-corrected chi connectivity index (χ2v) is 5.46. The van der Waals surface area contributed by atoms with Gasteiger partial charge < -0.3 is 4.74 Å². The van der Waals surface area contributed by atoms with Crippen LogP contribution in [0.2, 0.25) is 0 Å². The number of rotatable bonds is 4. The first-order valence-electron chi connectivity index (χ1n) is 6.62. The van der Waals surface area contributed by atoms with Gasteiger partial charge in [-0.2, -0.15) is 0 Å². The molecule has 0 spiro atoms. The average molecular weight is 253 g/mol. The van der Waals surface area contributed by atoms with Crippen LogP contribution in [0.25, 0.3) is 0 Å². The molecule has 0 bridgehead atoms. The molecule has 1 nitrogen and oxygen atoms in total. The SMILES string of the molecule is CCCC(C)C(Cl)c1ccc2c(c1)CCCO2. The Morgan fingerprint density at radius 2 is 2.24 bits per heavy atom. The van der Waals surface area contributed by atoms with E-state index in [1.54, 1.807) is 0 Å². The van der Waals surface area contributed by atoms with Gasteiger partial charge in [0.05, 0.1) is 12.0 Å². The van der Waals surface area contributed by atoms with E-state index in [-0.39, 0.29) is 5.38 Å². The summed E-state index contributed by atoms with van der Waals surface area (Å²) in [5, 5.41) is 0.127. The van der Waals surface area contributed by atoms with E-state index in [2.05, 4.69) is 32.0 Å². The largest absolute Gasteiger partial charge is 0.493 e. The van der Waals surface area contributed by atoms with Gasteiger partial charge in [0.25, 0.3) is 0 Å². The standard InChI is InChI=1S/C15H21ClO/c1-3-5-11(2)15(16)13-7-8-14-12(10-13)6-4-9-17-14/h7-8,10-11,15H,3-6,9H2,1-2H3. The van der Waals surface area contributed by atoms with E-state index >= 15 is 0 Å². The van der Waals surface area contributed by atoms with E-state index in [9.17, 15) is 0 Å². The van der Waals surface area contributed by atoms with Crippen LogP contribution in [-0.2, 0) is 6.42 Å². The zero-order chi connectivity index (χ0) is 12.3. The van der Waals surface area contributed by atoms with Gasteiger partial charge in [-0.25, -0.2) is 0 Å². The molecule has 2 unspecified atom stereocenters. The average Bonchev–Trinajstić information content (AvgIpc) is 2.37. The molecule has 0 aromatic heterocycles. The van der Waals surface area contributed by atoms with Crippen LogP contribution in [0.5, 0.6) is 5.75 Å². The molecule has 0 radical (unpaired) electrons. The lowest BCUT2D eigenvalue weighted by molar-refractivity contribution is 0.288. The lowest BCUT2D eigenvalue weighted by Gasteiger charge is -2.22. The summed E-state index contributed by atoms with van der Waals surface area (Å²) in [5.41, 5.74) is 2.57. The molecule has 17 heavy (non-hydrogen) atoms. The van der Waals surface area contributed by atoms with E-state index in [1.807, 2.05) is 0 Å². The highest BCUT2D eigenvalue weighted by Gasteiger charge is 2.18. The van der Waals surface area contributed by atoms with Crippen LogP contribution >= 0.6 is 11.6 Å². The Bertz CT molecular complexity index is 375. The first-order chi connectivity index (χ1) is 8.22. The molecule has 2 heteroatoms. The van der Waals surface area contributed by atoms with E-state index in [1.165, 1.54) is 24.0 Å². The minimum Gasteiger partial charge on any atom is -0.493 e. The van der Waals surface area contributed by atoms with Gasteiger partial charge in [-0.15, -0.1) is 11.6 Å². The molecular weight excluding hydrogens is 232 g/mol. The number of hydrogen-bond donors (Lipinski definition) is 0. The Balaban J connectivity index is 2.15. The minimum absolute atomic E-state index is 0.127. The van der Waals surface area contributed by atoms with Gasteiger partial charge in [-0.1, -0.05) is 32.4 Å². The van der Waals surface area contributed by atoms with Crippen LogP contribution in [0.1, 0.15) is 49.6 Å². The molecule has 0 fully saturated rings. The third-order valence-electron chi connectivity index (χ3n) is 3.49. The van der Waals surface area contributed by atoms with Crippen LogP contribution < -0.4 is 4.74 Å². The van der Waals surface area contributed by atoms with Crippen LogP contribution in [0.15, 0.2) is 18.2 Å². The Morgan fingerprint density at radius 3 is 3.00 bits per heavy atom. The number of hydrogen-bond acceptors (Lipinski definition) is 1. The van der Waals surface area contributed by atoms with Crippen LogP contribution in [0.3, 0.4) is 0 Å². The van der Waals surface area contributed by atoms with Crippen molar-refractivity contribution in [2.45, 2.75) is 44.9 Å². The third-order valence-corrected chi connectivity index (χ3v) is 4.18. The van der Waals surface area contributed by atoms with E-state index in [0.29, 0.717) is 5.92 Å². The maximum Gasteiger partial charge on any atom is 0.122 e. The maximum atomic E-state index is 6.54. The normalized spacial score (nSPS) is 18.1. The summed E-state index contributed by atoms with van der Waals surface area (Å²) < 4.78 is 5.62. The Kier molecular flexibility index (Phi) is 4.33. The quantitative estimate of drug-likeness (QED) is 0.704. The molecule has 0 amide bonds. The molecule has 1 heterocycles. The molecular formula is C15H21ClO. The number of ether oxygens (including phenoxy) is 1. The van der Waals surface area contributed by atoms with Gasteiger partial charge in [0.15, 0.2) is 0 Å². The summed E-state index contributed by atoms with van der Waals surface area (Å²) >= 11 is 6.54. The second kappa shape index (κ2) is 5.77. The fourth-order valence-electron chi connectivity index (χ4n) is 2.48. The highest BCUT2D eigenvalue weighted by molar-refractivity contribution is 6.21. The summed E-state index contributed by atoms with van der Waals surface area (Å²) in [7, 11) is 0. The van der Waals surface area contributed by atoms with Crippen molar-refractivity contribution in [2.24, 2.45) is 5.92 Å². The maximum absolute atomic E-state index is 6.54. The number of halogens is 1. The minimum atomic E-state index is 0.127. The van der Waals surface area contributed by atoms with Crippen LogP contribution in [0, 0.1) is 5.92 Å². The predicted molar refractivity (Wildman–Crippen MR) is 72.9 cm³/mol. The molecule has 94 valence electrons.